The monoisotopic (exact) mass is 259 g/mol. The zero-order valence-electron chi connectivity index (χ0n) is 10.6. The standard InChI is InChI=1S/C13H22ClNO2/c1-13(5-3-2-4-6-13)12(16)15-7-8-17-10-11(15)9-14/h11H,2-10H2,1H3. The third kappa shape index (κ3) is 2.76. The van der Waals surface area contributed by atoms with Crippen LogP contribution in [0, 0.1) is 5.41 Å². The molecule has 0 radical (unpaired) electrons. The largest absolute Gasteiger partial charge is 0.377 e. The Labute approximate surface area is 108 Å². The fourth-order valence-corrected chi connectivity index (χ4v) is 3.20. The summed E-state index contributed by atoms with van der Waals surface area (Å²) in [6.45, 7) is 4.06. The Morgan fingerprint density at radius 1 is 1.41 bits per heavy atom. The minimum absolute atomic E-state index is 0.0664. The first-order chi connectivity index (χ1) is 8.17. The van der Waals surface area contributed by atoms with Crippen molar-refractivity contribution in [3.8, 4) is 0 Å². The minimum Gasteiger partial charge on any atom is -0.377 e. The number of halogens is 1. The number of amides is 1. The molecular weight excluding hydrogens is 238 g/mol. The van der Waals surface area contributed by atoms with E-state index in [9.17, 15) is 4.79 Å². The zero-order valence-corrected chi connectivity index (χ0v) is 11.3. The number of ether oxygens (including phenoxy) is 1. The average Bonchev–Trinajstić information content (AvgIpc) is 2.38. The van der Waals surface area contributed by atoms with Crippen LogP contribution < -0.4 is 0 Å². The molecule has 0 aromatic carbocycles. The molecule has 1 unspecified atom stereocenters. The second kappa shape index (κ2) is 5.57. The normalized spacial score (nSPS) is 29.1. The lowest BCUT2D eigenvalue weighted by Crippen LogP contribution is -2.54. The molecular formula is C13H22ClNO2. The van der Waals surface area contributed by atoms with Gasteiger partial charge in [-0.2, -0.15) is 0 Å². The van der Waals surface area contributed by atoms with E-state index < -0.39 is 0 Å². The van der Waals surface area contributed by atoms with Crippen LogP contribution in [0.3, 0.4) is 0 Å². The molecule has 2 fully saturated rings. The van der Waals surface area contributed by atoms with Gasteiger partial charge in [-0.05, 0) is 12.8 Å². The number of carbonyl (C=O) groups excluding carboxylic acids is 1. The van der Waals surface area contributed by atoms with Gasteiger partial charge in [0.15, 0.2) is 0 Å². The van der Waals surface area contributed by atoms with Crippen LogP contribution in [-0.4, -0.2) is 42.5 Å². The number of carbonyl (C=O) groups is 1. The van der Waals surface area contributed by atoms with Crippen molar-refractivity contribution in [2.45, 2.75) is 45.1 Å². The highest BCUT2D eigenvalue weighted by Crippen LogP contribution is 2.38. The molecule has 98 valence electrons. The van der Waals surface area contributed by atoms with Gasteiger partial charge in [-0.25, -0.2) is 0 Å². The molecule has 0 bridgehead atoms. The van der Waals surface area contributed by atoms with Crippen molar-refractivity contribution >= 4 is 17.5 Å². The summed E-state index contributed by atoms with van der Waals surface area (Å²) < 4.78 is 5.40. The summed E-state index contributed by atoms with van der Waals surface area (Å²) in [6.07, 6.45) is 5.68. The van der Waals surface area contributed by atoms with Gasteiger partial charge in [0.2, 0.25) is 5.91 Å². The molecule has 17 heavy (non-hydrogen) atoms. The molecule has 0 aromatic heterocycles. The van der Waals surface area contributed by atoms with Crippen LogP contribution in [0.4, 0.5) is 0 Å². The van der Waals surface area contributed by atoms with Crippen LogP contribution >= 0.6 is 11.6 Å². The van der Waals surface area contributed by atoms with Gasteiger partial charge >= 0.3 is 0 Å². The summed E-state index contributed by atoms with van der Waals surface area (Å²) in [7, 11) is 0. The van der Waals surface area contributed by atoms with Gasteiger partial charge in [0, 0.05) is 17.8 Å². The maximum atomic E-state index is 12.7. The summed E-state index contributed by atoms with van der Waals surface area (Å²) in [5.41, 5.74) is -0.153. The molecule has 4 heteroatoms. The molecule has 3 nitrogen and oxygen atoms in total. The summed E-state index contributed by atoms with van der Waals surface area (Å²) in [6, 6.07) is 0.0664. The molecule has 0 N–H and O–H groups in total. The van der Waals surface area contributed by atoms with E-state index in [1.165, 1.54) is 19.3 Å². The fourth-order valence-electron chi connectivity index (χ4n) is 2.94. The van der Waals surface area contributed by atoms with Crippen LogP contribution in [-0.2, 0) is 9.53 Å². The van der Waals surface area contributed by atoms with Crippen molar-refractivity contribution < 1.29 is 9.53 Å². The molecule has 1 atom stereocenters. The molecule has 0 spiro atoms. The highest BCUT2D eigenvalue weighted by Gasteiger charge is 2.40. The number of rotatable bonds is 2. The predicted octanol–water partition coefficient (Wildman–Crippen LogP) is 2.42. The Hall–Kier alpha value is -0.280. The first kappa shape index (κ1) is 13.2. The molecule has 1 saturated heterocycles. The smallest absolute Gasteiger partial charge is 0.228 e. The third-order valence-corrected chi connectivity index (χ3v) is 4.50. The summed E-state index contributed by atoms with van der Waals surface area (Å²) in [5.74, 6) is 0.771. The first-order valence-corrected chi connectivity index (χ1v) is 7.15. The van der Waals surface area contributed by atoms with Gasteiger partial charge in [0.25, 0.3) is 0 Å². The third-order valence-electron chi connectivity index (χ3n) is 4.14. The maximum Gasteiger partial charge on any atom is 0.228 e. The van der Waals surface area contributed by atoms with E-state index in [1.807, 2.05) is 4.90 Å². The predicted molar refractivity (Wildman–Crippen MR) is 68.2 cm³/mol. The molecule has 2 rings (SSSR count). The maximum absolute atomic E-state index is 12.7. The molecule has 1 amide bonds. The minimum atomic E-state index is -0.153. The van der Waals surface area contributed by atoms with Crippen molar-refractivity contribution in [3.63, 3.8) is 0 Å². The van der Waals surface area contributed by atoms with Gasteiger partial charge < -0.3 is 9.64 Å². The highest BCUT2D eigenvalue weighted by molar-refractivity contribution is 6.18. The summed E-state index contributed by atoms with van der Waals surface area (Å²) >= 11 is 5.93. The van der Waals surface area contributed by atoms with E-state index in [2.05, 4.69) is 6.92 Å². The average molecular weight is 260 g/mol. The number of morpholine rings is 1. The molecule has 0 aromatic rings. The molecule has 1 saturated carbocycles. The van der Waals surface area contributed by atoms with Crippen molar-refractivity contribution in [2.75, 3.05) is 25.6 Å². The van der Waals surface area contributed by atoms with Crippen molar-refractivity contribution in [3.05, 3.63) is 0 Å². The van der Waals surface area contributed by atoms with Crippen LogP contribution in [0.15, 0.2) is 0 Å². The molecule has 1 heterocycles. The van der Waals surface area contributed by atoms with E-state index in [1.54, 1.807) is 0 Å². The number of nitrogens with zero attached hydrogens (tertiary/aromatic N) is 1. The Kier molecular flexibility index (Phi) is 4.31. The van der Waals surface area contributed by atoms with E-state index in [0.717, 1.165) is 12.8 Å². The Bertz CT molecular complexity index is 277. The lowest BCUT2D eigenvalue weighted by atomic mass is 9.74. The van der Waals surface area contributed by atoms with Gasteiger partial charge in [0.05, 0.1) is 19.3 Å². The van der Waals surface area contributed by atoms with Crippen molar-refractivity contribution in [1.29, 1.82) is 0 Å². The summed E-state index contributed by atoms with van der Waals surface area (Å²) in [4.78, 5) is 14.6. The second-order valence-electron chi connectivity index (χ2n) is 5.50. The molecule has 1 aliphatic carbocycles. The zero-order chi connectivity index (χ0) is 12.3. The topological polar surface area (TPSA) is 29.5 Å². The molecule has 2 aliphatic rings. The van der Waals surface area contributed by atoms with Gasteiger partial charge in [0.1, 0.15) is 0 Å². The number of hydrogen-bond donors (Lipinski definition) is 0. The van der Waals surface area contributed by atoms with Crippen LogP contribution in [0.2, 0.25) is 0 Å². The Morgan fingerprint density at radius 3 is 2.76 bits per heavy atom. The summed E-state index contributed by atoms with van der Waals surface area (Å²) in [5, 5.41) is 0. The SMILES string of the molecule is CC1(C(=O)N2CCOCC2CCl)CCCCC1. The highest BCUT2D eigenvalue weighted by atomic mass is 35.5. The van der Waals surface area contributed by atoms with Crippen LogP contribution in [0.25, 0.3) is 0 Å². The van der Waals surface area contributed by atoms with Crippen molar-refractivity contribution in [2.24, 2.45) is 5.41 Å². The van der Waals surface area contributed by atoms with Gasteiger partial charge in [-0.3, -0.25) is 4.79 Å². The Morgan fingerprint density at radius 2 is 2.12 bits per heavy atom. The van der Waals surface area contributed by atoms with Crippen molar-refractivity contribution in [1.82, 2.24) is 4.90 Å². The van der Waals surface area contributed by atoms with Gasteiger partial charge in [-0.1, -0.05) is 26.2 Å². The van der Waals surface area contributed by atoms with E-state index in [0.29, 0.717) is 31.5 Å². The lowest BCUT2D eigenvalue weighted by molar-refractivity contribution is -0.151. The Balaban J connectivity index is 2.06. The lowest BCUT2D eigenvalue weighted by Gasteiger charge is -2.42. The second-order valence-corrected chi connectivity index (χ2v) is 5.81. The fraction of sp³-hybridized carbons (Fsp3) is 0.923. The quantitative estimate of drug-likeness (QED) is 0.713. The van der Waals surface area contributed by atoms with Crippen LogP contribution in [0.5, 0.6) is 0 Å². The van der Waals surface area contributed by atoms with E-state index in [4.69, 9.17) is 16.3 Å². The van der Waals surface area contributed by atoms with Gasteiger partial charge in [-0.15, -0.1) is 11.6 Å². The first-order valence-electron chi connectivity index (χ1n) is 6.62. The van der Waals surface area contributed by atoms with E-state index >= 15 is 0 Å². The van der Waals surface area contributed by atoms with E-state index in [-0.39, 0.29) is 11.5 Å². The van der Waals surface area contributed by atoms with Crippen LogP contribution in [0.1, 0.15) is 39.0 Å². The number of alkyl halides is 1. The number of hydrogen-bond acceptors (Lipinski definition) is 2. The molecule has 1 aliphatic heterocycles.